The molecule has 0 amide bonds. The molecule has 3 rings (SSSR count). The molecular weight excluding hydrogens is 310 g/mol. The van der Waals surface area contributed by atoms with Gasteiger partial charge in [-0.15, -0.1) is 0 Å². The third-order valence-electron chi connectivity index (χ3n) is 3.36. The van der Waals surface area contributed by atoms with Crippen LogP contribution in [0.2, 0.25) is 0 Å². The Labute approximate surface area is 138 Å². The number of methoxy groups -OCH3 is 1. The molecule has 0 saturated heterocycles. The highest BCUT2D eigenvalue weighted by Crippen LogP contribution is 2.20. The van der Waals surface area contributed by atoms with Gasteiger partial charge in [-0.1, -0.05) is 11.2 Å². The zero-order valence-corrected chi connectivity index (χ0v) is 13.2. The maximum atomic E-state index is 12.1. The fourth-order valence-electron chi connectivity index (χ4n) is 2.08. The second kappa shape index (κ2) is 6.91. The topological polar surface area (TPSA) is 87.3 Å². The van der Waals surface area contributed by atoms with Gasteiger partial charge in [0.1, 0.15) is 5.75 Å². The van der Waals surface area contributed by atoms with E-state index >= 15 is 0 Å². The first-order valence-electron chi connectivity index (χ1n) is 7.22. The molecule has 0 aliphatic rings. The molecule has 24 heavy (non-hydrogen) atoms. The first-order chi connectivity index (χ1) is 11.7. The Balaban J connectivity index is 1.66. The minimum Gasteiger partial charge on any atom is -0.496 e. The average molecular weight is 325 g/mol. The lowest BCUT2D eigenvalue weighted by atomic mass is 10.1. The molecule has 0 N–H and O–H groups in total. The van der Waals surface area contributed by atoms with Crippen molar-refractivity contribution in [2.24, 2.45) is 0 Å². The highest BCUT2D eigenvalue weighted by Gasteiger charge is 2.13. The summed E-state index contributed by atoms with van der Waals surface area (Å²) in [6.07, 6.45) is 3.28. The number of esters is 1. The normalized spacial score (nSPS) is 10.4. The molecular formula is C17H15N3O4. The minimum absolute atomic E-state index is 0.109. The summed E-state index contributed by atoms with van der Waals surface area (Å²) in [4.78, 5) is 20.3. The Morgan fingerprint density at radius 2 is 2.17 bits per heavy atom. The molecule has 0 aliphatic heterocycles. The van der Waals surface area contributed by atoms with Gasteiger partial charge in [-0.2, -0.15) is 4.98 Å². The van der Waals surface area contributed by atoms with Crippen molar-refractivity contribution in [2.45, 2.75) is 13.5 Å². The SMILES string of the molecule is COc1cc(C(=O)OCc2nc(-c3cccnc3)no2)ccc1C. The van der Waals surface area contributed by atoms with Crippen molar-refractivity contribution in [3.63, 3.8) is 0 Å². The predicted octanol–water partition coefficient (Wildman–Crippen LogP) is 2.81. The maximum Gasteiger partial charge on any atom is 0.338 e. The number of aromatic nitrogens is 3. The number of pyridine rings is 1. The molecule has 0 unspecified atom stereocenters. The van der Waals surface area contributed by atoms with E-state index in [2.05, 4.69) is 15.1 Å². The number of hydrogen-bond donors (Lipinski definition) is 0. The molecule has 0 fully saturated rings. The van der Waals surface area contributed by atoms with E-state index < -0.39 is 5.97 Å². The zero-order chi connectivity index (χ0) is 16.9. The van der Waals surface area contributed by atoms with Crippen LogP contribution in [0.5, 0.6) is 5.75 Å². The van der Waals surface area contributed by atoms with Crippen LogP contribution in [0, 0.1) is 6.92 Å². The Hall–Kier alpha value is -3.22. The van der Waals surface area contributed by atoms with Crippen molar-refractivity contribution in [3.8, 4) is 17.1 Å². The fourth-order valence-corrected chi connectivity index (χ4v) is 2.08. The Kier molecular flexibility index (Phi) is 4.51. The molecule has 0 spiro atoms. The van der Waals surface area contributed by atoms with Crippen molar-refractivity contribution in [2.75, 3.05) is 7.11 Å². The van der Waals surface area contributed by atoms with Gasteiger partial charge in [0.15, 0.2) is 6.61 Å². The van der Waals surface area contributed by atoms with E-state index in [-0.39, 0.29) is 12.5 Å². The Morgan fingerprint density at radius 3 is 2.92 bits per heavy atom. The second-order valence-corrected chi connectivity index (χ2v) is 5.01. The van der Waals surface area contributed by atoms with Crippen LogP contribution in [0.4, 0.5) is 0 Å². The van der Waals surface area contributed by atoms with Gasteiger partial charge in [0.05, 0.1) is 12.7 Å². The molecule has 0 bridgehead atoms. The van der Waals surface area contributed by atoms with Crippen LogP contribution in [-0.4, -0.2) is 28.2 Å². The second-order valence-electron chi connectivity index (χ2n) is 5.01. The van der Waals surface area contributed by atoms with Crippen LogP contribution in [0.25, 0.3) is 11.4 Å². The minimum atomic E-state index is -0.491. The zero-order valence-electron chi connectivity index (χ0n) is 13.2. The third kappa shape index (κ3) is 3.40. The van der Waals surface area contributed by atoms with Gasteiger partial charge in [0.2, 0.25) is 5.82 Å². The van der Waals surface area contributed by atoms with E-state index in [0.29, 0.717) is 17.1 Å². The largest absolute Gasteiger partial charge is 0.496 e. The van der Waals surface area contributed by atoms with Gasteiger partial charge in [-0.3, -0.25) is 4.98 Å². The van der Waals surface area contributed by atoms with Crippen LogP contribution < -0.4 is 4.74 Å². The van der Waals surface area contributed by atoms with Gasteiger partial charge < -0.3 is 14.0 Å². The van der Waals surface area contributed by atoms with Crippen molar-refractivity contribution >= 4 is 5.97 Å². The van der Waals surface area contributed by atoms with E-state index in [4.69, 9.17) is 14.0 Å². The number of hydrogen-bond acceptors (Lipinski definition) is 7. The maximum absolute atomic E-state index is 12.1. The summed E-state index contributed by atoms with van der Waals surface area (Å²) in [6, 6.07) is 8.69. The number of ether oxygens (including phenoxy) is 2. The van der Waals surface area contributed by atoms with E-state index in [1.54, 1.807) is 43.8 Å². The molecule has 1 aromatic carbocycles. The number of carbonyl (C=O) groups excluding carboxylic acids is 1. The lowest BCUT2D eigenvalue weighted by Crippen LogP contribution is -2.06. The highest BCUT2D eigenvalue weighted by molar-refractivity contribution is 5.90. The summed E-state index contributed by atoms with van der Waals surface area (Å²) >= 11 is 0. The van der Waals surface area contributed by atoms with Crippen molar-refractivity contribution in [1.82, 2.24) is 15.1 Å². The number of rotatable bonds is 5. The van der Waals surface area contributed by atoms with Gasteiger partial charge in [0, 0.05) is 18.0 Å². The molecule has 7 heteroatoms. The summed E-state index contributed by atoms with van der Waals surface area (Å²) in [5, 5.41) is 3.84. The number of aryl methyl sites for hydroxylation is 1. The van der Waals surface area contributed by atoms with Gasteiger partial charge in [-0.05, 0) is 36.8 Å². The standard InChI is InChI=1S/C17H15N3O4/c1-11-5-6-12(8-14(11)22-2)17(21)23-10-15-19-16(20-24-15)13-4-3-7-18-9-13/h3-9H,10H2,1-2H3. The molecule has 2 heterocycles. The molecule has 7 nitrogen and oxygen atoms in total. The molecule has 0 saturated carbocycles. The van der Waals surface area contributed by atoms with Crippen LogP contribution >= 0.6 is 0 Å². The predicted molar refractivity (Wildman–Crippen MR) is 84.4 cm³/mol. The molecule has 2 aromatic heterocycles. The van der Waals surface area contributed by atoms with E-state index in [0.717, 1.165) is 11.1 Å². The van der Waals surface area contributed by atoms with Crippen molar-refractivity contribution in [3.05, 3.63) is 59.7 Å². The quantitative estimate of drug-likeness (QED) is 0.666. The summed E-state index contributed by atoms with van der Waals surface area (Å²) < 4.78 is 15.5. The van der Waals surface area contributed by atoms with E-state index in [1.165, 1.54) is 0 Å². The van der Waals surface area contributed by atoms with E-state index in [9.17, 15) is 4.79 Å². The van der Waals surface area contributed by atoms with Crippen LogP contribution in [0.1, 0.15) is 21.8 Å². The van der Waals surface area contributed by atoms with Gasteiger partial charge in [-0.25, -0.2) is 4.79 Å². The van der Waals surface area contributed by atoms with Gasteiger partial charge in [0.25, 0.3) is 5.89 Å². The van der Waals surface area contributed by atoms with Crippen LogP contribution in [0.3, 0.4) is 0 Å². The molecule has 122 valence electrons. The smallest absolute Gasteiger partial charge is 0.338 e. The fraction of sp³-hybridized carbons (Fsp3) is 0.176. The summed E-state index contributed by atoms with van der Waals surface area (Å²) in [5.74, 6) is 0.739. The summed E-state index contributed by atoms with van der Waals surface area (Å²) in [6.45, 7) is 1.79. The summed E-state index contributed by atoms with van der Waals surface area (Å²) in [7, 11) is 1.55. The monoisotopic (exact) mass is 325 g/mol. The lowest BCUT2D eigenvalue weighted by Gasteiger charge is -2.07. The van der Waals surface area contributed by atoms with Crippen molar-refractivity contribution < 1.29 is 18.8 Å². The lowest BCUT2D eigenvalue weighted by molar-refractivity contribution is 0.0429. The van der Waals surface area contributed by atoms with Crippen LogP contribution in [-0.2, 0) is 11.3 Å². The van der Waals surface area contributed by atoms with Crippen LogP contribution in [0.15, 0.2) is 47.2 Å². The first-order valence-corrected chi connectivity index (χ1v) is 7.22. The molecule has 0 atom stereocenters. The Morgan fingerprint density at radius 1 is 1.29 bits per heavy atom. The Bertz CT molecular complexity index is 846. The van der Waals surface area contributed by atoms with Gasteiger partial charge >= 0.3 is 5.97 Å². The average Bonchev–Trinajstić information content (AvgIpc) is 3.10. The highest BCUT2D eigenvalue weighted by atomic mass is 16.6. The van der Waals surface area contributed by atoms with Crippen molar-refractivity contribution in [1.29, 1.82) is 0 Å². The number of benzene rings is 1. The van der Waals surface area contributed by atoms with E-state index in [1.807, 2.05) is 13.0 Å². The number of carbonyl (C=O) groups is 1. The molecule has 3 aromatic rings. The number of nitrogens with zero attached hydrogens (tertiary/aromatic N) is 3. The third-order valence-corrected chi connectivity index (χ3v) is 3.36. The molecule has 0 aliphatic carbocycles. The summed E-state index contributed by atoms with van der Waals surface area (Å²) in [5.41, 5.74) is 2.05. The first kappa shape index (κ1) is 15.7. The molecule has 0 radical (unpaired) electrons.